The first-order valence-electron chi connectivity index (χ1n) is 6.73. The predicted molar refractivity (Wildman–Crippen MR) is 75.8 cm³/mol. The van der Waals surface area contributed by atoms with Gasteiger partial charge in [0.15, 0.2) is 6.29 Å². The van der Waals surface area contributed by atoms with Crippen LogP contribution < -0.4 is 0 Å². The van der Waals surface area contributed by atoms with Gasteiger partial charge in [0.2, 0.25) is 0 Å². The van der Waals surface area contributed by atoms with E-state index in [2.05, 4.69) is 0 Å². The molecule has 0 heterocycles. The van der Waals surface area contributed by atoms with Crippen molar-refractivity contribution in [1.82, 2.24) is 0 Å². The molecule has 1 atom stereocenters. The van der Waals surface area contributed by atoms with Gasteiger partial charge in [-0.1, -0.05) is 0 Å². The summed E-state index contributed by atoms with van der Waals surface area (Å²) in [6, 6.07) is 0. The van der Waals surface area contributed by atoms with Crippen LogP contribution in [0.15, 0.2) is 0 Å². The zero-order valence-electron chi connectivity index (χ0n) is 13.9. The Bertz CT molecular complexity index is 224. The molecule has 1 unspecified atom stereocenters. The number of rotatable bonds is 4. The van der Waals surface area contributed by atoms with Crippen molar-refractivity contribution in [2.45, 2.75) is 98.4 Å². The summed E-state index contributed by atoms with van der Waals surface area (Å²) in [6.45, 7) is 20.2. The van der Waals surface area contributed by atoms with Crippen LogP contribution in [0.4, 0.5) is 0 Å². The van der Waals surface area contributed by atoms with Gasteiger partial charge in [0.1, 0.15) is 6.10 Å². The molecule has 0 aliphatic heterocycles. The highest BCUT2D eigenvalue weighted by Gasteiger charge is 2.31. The van der Waals surface area contributed by atoms with E-state index in [0.29, 0.717) is 0 Å². The van der Waals surface area contributed by atoms with Crippen LogP contribution in [0.2, 0.25) is 0 Å². The third kappa shape index (κ3) is 9.86. The average molecular weight is 260 g/mol. The highest BCUT2D eigenvalue weighted by molar-refractivity contribution is 4.72. The van der Waals surface area contributed by atoms with Crippen LogP contribution >= 0.6 is 0 Å². The summed E-state index contributed by atoms with van der Waals surface area (Å²) in [5.41, 5.74) is -0.725. The molecule has 0 aliphatic carbocycles. The maximum absolute atomic E-state index is 5.97. The highest BCUT2D eigenvalue weighted by Crippen LogP contribution is 2.24. The summed E-state index contributed by atoms with van der Waals surface area (Å²) < 4.78 is 17.9. The molecule has 3 nitrogen and oxygen atoms in total. The fourth-order valence-electron chi connectivity index (χ4n) is 1.53. The molecular weight excluding hydrogens is 228 g/mol. The van der Waals surface area contributed by atoms with Crippen LogP contribution in [0.25, 0.3) is 0 Å². The molecule has 3 heteroatoms. The maximum Gasteiger partial charge on any atom is 0.184 e. The molecule has 0 bridgehead atoms. The Balaban J connectivity index is 4.75. The lowest BCUT2D eigenvalue weighted by Gasteiger charge is -2.37. The largest absolute Gasteiger partial charge is 0.368 e. The summed E-state index contributed by atoms with van der Waals surface area (Å²) in [5, 5.41) is 0. The van der Waals surface area contributed by atoms with Gasteiger partial charge in [-0.25, -0.2) is 0 Å². The SMILES string of the molecule is CC(OC(C)(C)C)C(OC(C)(C)C)OC(C)(C)C. The zero-order chi connectivity index (χ0) is 14.8. The molecule has 0 rings (SSSR count). The van der Waals surface area contributed by atoms with E-state index in [1.54, 1.807) is 0 Å². The predicted octanol–water partition coefficient (Wildman–Crippen LogP) is 4.15. The van der Waals surface area contributed by atoms with Gasteiger partial charge >= 0.3 is 0 Å². The first kappa shape index (κ1) is 17.9. The Morgan fingerprint density at radius 1 is 0.556 bits per heavy atom. The quantitative estimate of drug-likeness (QED) is 0.711. The van der Waals surface area contributed by atoms with E-state index >= 15 is 0 Å². The minimum absolute atomic E-state index is 0.122. The molecule has 0 fully saturated rings. The highest BCUT2D eigenvalue weighted by atomic mass is 16.7. The summed E-state index contributed by atoms with van der Waals surface area (Å²) >= 11 is 0. The van der Waals surface area contributed by atoms with Crippen LogP contribution in [0.3, 0.4) is 0 Å². The number of hydrogen-bond donors (Lipinski definition) is 0. The Kier molecular flexibility index (Phi) is 5.85. The molecule has 0 aromatic heterocycles. The van der Waals surface area contributed by atoms with E-state index in [1.165, 1.54) is 0 Å². The van der Waals surface area contributed by atoms with Crippen molar-refractivity contribution in [3.05, 3.63) is 0 Å². The standard InChI is InChI=1S/C15H32O3/c1-11(16-13(2,3)4)12(17-14(5,6)7)18-15(8,9)10/h11-12H,1-10H3. The van der Waals surface area contributed by atoms with Crippen LogP contribution in [-0.2, 0) is 14.2 Å². The van der Waals surface area contributed by atoms with Crippen LogP contribution in [0.1, 0.15) is 69.2 Å². The Morgan fingerprint density at radius 3 is 1.06 bits per heavy atom. The molecule has 110 valence electrons. The molecule has 0 aliphatic rings. The van der Waals surface area contributed by atoms with E-state index in [9.17, 15) is 0 Å². The molecule has 0 amide bonds. The molecule has 0 saturated heterocycles. The van der Waals surface area contributed by atoms with Crippen molar-refractivity contribution in [2.24, 2.45) is 0 Å². The van der Waals surface area contributed by atoms with Crippen LogP contribution in [0.5, 0.6) is 0 Å². The van der Waals surface area contributed by atoms with E-state index in [-0.39, 0.29) is 29.2 Å². The van der Waals surface area contributed by atoms with Crippen molar-refractivity contribution in [1.29, 1.82) is 0 Å². The van der Waals surface area contributed by atoms with E-state index in [4.69, 9.17) is 14.2 Å². The second-order valence-electron chi connectivity index (χ2n) is 7.76. The van der Waals surface area contributed by atoms with Crippen molar-refractivity contribution in [3.8, 4) is 0 Å². The van der Waals surface area contributed by atoms with E-state index in [0.717, 1.165) is 0 Å². The lowest BCUT2D eigenvalue weighted by Crippen LogP contribution is -2.44. The second kappa shape index (κ2) is 5.89. The van der Waals surface area contributed by atoms with Gasteiger partial charge in [-0.15, -0.1) is 0 Å². The molecule has 0 spiro atoms. The fraction of sp³-hybridized carbons (Fsp3) is 1.00. The van der Waals surface area contributed by atoms with Gasteiger partial charge in [-0.05, 0) is 69.2 Å². The van der Waals surface area contributed by atoms with E-state index < -0.39 is 0 Å². The van der Waals surface area contributed by atoms with Crippen molar-refractivity contribution < 1.29 is 14.2 Å². The lowest BCUT2D eigenvalue weighted by atomic mass is 10.1. The van der Waals surface area contributed by atoms with Crippen LogP contribution in [0, 0.1) is 0 Å². The molecular formula is C15H32O3. The van der Waals surface area contributed by atoms with Gasteiger partial charge in [0, 0.05) is 0 Å². The summed E-state index contributed by atoms with van der Waals surface area (Å²) in [6.07, 6.45) is -0.493. The Morgan fingerprint density at radius 2 is 0.833 bits per heavy atom. The summed E-state index contributed by atoms with van der Waals surface area (Å²) in [5.74, 6) is 0. The first-order valence-corrected chi connectivity index (χ1v) is 6.73. The monoisotopic (exact) mass is 260 g/mol. The van der Waals surface area contributed by atoms with E-state index in [1.807, 2.05) is 69.2 Å². The summed E-state index contributed by atoms with van der Waals surface area (Å²) in [4.78, 5) is 0. The van der Waals surface area contributed by atoms with Gasteiger partial charge in [0.05, 0.1) is 16.8 Å². The topological polar surface area (TPSA) is 27.7 Å². The maximum atomic E-state index is 5.97. The third-order valence-corrected chi connectivity index (χ3v) is 1.86. The molecule has 0 saturated carbocycles. The minimum atomic E-state index is -0.371. The molecule has 0 aromatic rings. The smallest absolute Gasteiger partial charge is 0.184 e. The molecule has 0 N–H and O–H groups in total. The lowest BCUT2D eigenvalue weighted by molar-refractivity contribution is -0.283. The Hall–Kier alpha value is -0.120. The minimum Gasteiger partial charge on any atom is -0.368 e. The van der Waals surface area contributed by atoms with Gasteiger partial charge in [0.25, 0.3) is 0 Å². The van der Waals surface area contributed by atoms with Crippen molar-refractivity contribution >= 4 is 0 Å². The summed E-state index contributed by atoms with van der Waals surface area (Å²) in [7, 11) is 0. The number of ether oxygens (including phenoxy) is 3. The fourth-order valence-corrected chi connectivity index (χ4v) is 1.53. The normalized spacial score (nSPS) is 16.2. The van der Waals surface area contributed by atoms with Crippen molar-refractivity contribution in [2.75, 3.05) is 0 Å². The van der Waals surface area contributed by atoms with Gasteiger partial charge in [-0.3, -0.25) is 0 Å². The Labute approximate surface area is 113 Å². The van der Waals surface area contributed by atoms with Gasteiger partial charge < -0.3 is 14.2 Å². The number of hydrogen-bond acceptors (Lipinski definition) is 3. The third-order valence-electron chi connectivity index (χ3n) is 1.86. The zero-order valence-corrected chi connectivity index (χ0v) is 13.9. The molecule has 18 heavy (non-hydrogen) atoms. The van der Waals surface area contributed by atoms with Gasteiger partial charge in [-0.2, -0.15) is 0 Å². The molecule has 0 aromatic carbocycles. The average Bonchev–Trinajstić information content (AvgIpc) is 1.93. The second-order valence-corrected chi connectivity index (χ2v) is 7.76. The molecule has 0 radical (unpaired) electrons. The van der Waals surface area contributed by atoms with Crippen LogP contribution in [-0.4, -0.2) is 29.2 Å². The van der Waals surface area contributed by atoms with Crippen molar-refractivity contribution in [3.63, 3.8) is 0 Å². The first-order chi connectivity index (χ1) is 7.70.